The van der Waals surface area contributed by atoms with Crippen LogP contribution in [-0.2, 0) is 22.1 Å². The first-order valence-corrected chi connectivity index (χ1v) is 7.89. The van der Waals surface area contributed by atoms with Gasteiger partial charge in [-0.2, -0.15) is 13.2 Å². The quantitative estimate of drug-likeness (QED) is 0.795. The van der Waals surface area contributed by atoms with Crippen LogP contribution in [0.15, 0.2) is 48.5 Å². The lowest BCUT2D eigenvalue weighted by molar-refractivity contribution is -0.143. The molecule has 0 saturated carbocycles. The molecule has 0 radical (unpaired) electrons. The van der Waals surface area contributed by atoms with Gasteiger partial charge >= 0.3 is 12.1 Å². The molecule has 2 aromatic carbocycles. The highest BCUT2D eigenvalue weighted by molar-refractivity contribution is 6.30. The number of hydrogen-bond donors (Lipinski definition) is 1. The average Bonchev–Trinajstić information content (AvgIpc) is 2.60. The molecule has 0 saturated heterocycles. The predicted octanol–water partition coefficient (Wildman–Crippen LogP) is 3.87. The Morgan fingerprint density at radius 2 is 1.65 bits per heavy atom. The van der Waals surface area contributed by atoms with Crippen LogP contribution in [0.4, 0.5) is 13.2 Å². The lowest BCUT2D eigenvalue weighted by Crippen LogP contribution is -2.43. The maximum absolute atomic E-state index is 12.6. The number of carbonyl (C=O) groups is 2. The Labute approximate surface area is 152 Å². The highest BCUT2D eigenvalue weighted by Crippen LogP contribution is 2.29. The Balaban J connectivity index is 2.13. The minimum atomic E-state index is -4.44. The van der Waals surface area contributed by atoms with Gasteiger partial charge in [-0.1, -0.05) is 23.7 Å². The van der Waals surface area contributed by atoms with Gasteiger partial charge < -0.3 is 10.1 Å². The molecule has 0 aromatic heterocycles. The smallest absolute Gasteiger partial charge is 0.416 e. The molecule has 26 heavy (non-hydrogen) atoms. The normalized spacial score (nSPS) is 12.3. The highest BCUT2D eigenvalue weighted by atomic mass is 35.5. The van der Waals surface area contributed by atoms with Crippen molar-refractivity contribution < 1.29 is 27.5 Å². The summed E-state index contributed by atoms with van der Waals surface area (Å²) in [7, 11) is 1.16. The number of carbonyl (C=O) groups excluding carboxylic acids is 2. The molecule has 4 nitrogen and oxygen atoms in total. The predicted molar refractivity (Wildman–Crippen MR) is 89.9 cm³/mol. The van der Waals surface area contributed by atoms with E-state index in [0.717, 1.165) is 19.2 Å². The molecular weight excluding hydrogens is 371 g/mol. The first-order valence-electron chi connectivity index (χ1n) is 7.51. The molecule has 1 atom stereocenters. The summed E-state index contributed by atoms with van der Waals surface area (Å²) in [5.41, 5.74) is -0.0541. The minimum Gasteiger partial charge on any atom is -0.467 e. The van der Waals surface area contributed by atoms with Crippen LogP contribution in [-0.4, -0.2) is 25.0 Å². The van der Waals surface area contributed by atoms with Crippen molar-refractivity contribution in [2.45, 2.75) is 18.6 Å². The molecule has 0 aliphatic rings. The SMILES string of the molecule is COC(=O)[C@H](Cc1ccc(C(F)(F)F)cc1)NC(=O)c1ccc(Cl)cc1. The maximum Gasteiger partial charge on any atom is 0.416 e. The highest BCUT2D eigenvalue weighted by Gasteiger charge is 2.30. The number of benzene rings is 2. The lowest BCUT2D eigenvalue weighted by atomic mass is 10.0. The van der Waals surface area contributed by atoms with Crippen molar-refractivity contribution in [2.24, 2.45) is 0 Å². The standard InChI is InChI=1S/C18H15ClF3NO3/c1-26-17(25)15(23-16(24)12-4-8-14(19)9-5-12)10-11-2-6-13(7-3-11)18(20,21)22/h2-9,15H,10H2,1H3,(H,23,24)/t15-/m0/s1. The van der Waals surface area contributed by atoms with Crippen LogP contribution in [0.25, 0.3) is 0 Å². The third-order valence-electron chi connectivity index (χ3n) is 3.62. The zero-order valence-electron chi connectivity index (χ0n) is 13.6. The van der Waals surface area contributed by atoms with Crippen molar-refractivity contribution in [1.29, 1.82) is 0 Å². The molecule has 138 valence electrons. The number of alkyl halides is 3. The number of amides is 1. The summed E-state index contributed by atoms with van der Waals surface area (Å²) < 4.78 is 42.5. The summed E-state index contributed by atoms with van der Waals surface area (Å²) in [6.45, 7) is 0. The largest absolute Gasteiger partial charge is 0.467 e. The first-order chi connectivity index (χ1) is 12.2. The van der Waals surface area contributed by atoms with E-state index < -0.39 is 29.7 Å². The molecule has 0 spiro atoms. The third kappa shape index (κ3) is 5.23. The Morgan fingerprint density at radius 3 is 2.15 bits per heavy atom. The number of nitrogens with one attached hydrogen (secondary N) is 1. The Kier molecular flexibility index (Phi) is 6.26. The Bertz CT molecular complexity index is 774. The summed E-state index contributed by atoms with van der Waals surface area (Å²) >= 11 is 5.76. The van der Waals surface area contributed by atoms with Crippen molar-refractivity contribution in [3.05, 3.63) is 70.2 Å². The van der Waals surface area contributed by atoms with Crippen molar-refractivity contribution in [3.63, 3.8) is 0 Å². The molecule has 2 aromatic rings. The summed E-state index contributed by atoms with van der Waals surface area (Å²) in [6, 6.07) is 9.35. The molecule has 8 heteroatoms. The topological polar surface area (TPSA) is 55.4 Å². The van der Waals surface area contributed by atoms with Crippen LogP contribution in [0.3, 0.4) is 0 Å². The van der Waals surface area contributed by atoms with Crippen LogP contribution >= 0.6 is 11.6 Å². The monoisotopic (exact) mass is 385 g/mol. The fraction of sp³-hybridized carbons (Fsp3) is 0.222. The summed E-state index contributed by atoms with van der Waals surface area (Å²) in [5, 5.41) is 2.97. The minimum absolute atomic E-state index is 0.00978. The van der Waals surface area contributed by atoms with Crippen LogP contribution in [0.1, 0.15) is 21.5 Å². The molecular formula is C18H15ClF3NO3. The number of ether oxygens (including phenoxy) is 1. The number of rotatable bonds is 5. The lowest BCUT2D eigenvalue weighted by Gasteiger charge is -2.17. The summed E-state index contributed by atoms with van der Waals surface area (Å²) in [4.78, 5) is 24.2. The van der Waals surface area contributed by atoms with Crippen LogP contribution < -0.4 is 5.32 Å². The van der Waals surface area contributed by atoms with Gasteiger partial charge in [0.1, 0.15) is 6.04 Å². The van der Waals surface area contributed by atoms with Gasteiger partial charge in [-0.3, -0.25) is 4.79 Å². The Morgan fingerprint density at radius 1 is 1.08 bits per heavy atom. The molecule has 2 rings (SSSR count). The van der Waals surface area contributed by atoms with Crippen LogP contribution in [0, 0.1) is 0 Å². The van der Waals surface area contributed by atoms with E-state index in [-0.39, 0.29) is 12.0 Å². The van der Waals surface area contributed by atoms with Crippen molar-refractivity contribution in [3.8, 4) is 0 Å². The van der Waals surface area contributed by atoms with Crippen molar-refractivity contribution >= 4 is 23.5 Å². The van der Waals surface area contributed by atoms with Crippen molar-refractivity contribution in [1.82, 2.24) is 5.32 Å². The van der Waals surface area contributed by atoms with E-state index in [9.17, 15) is 22.8 Å². The van der Waals surface area contributed by atoms with E-state index in [1.807, 2.05) is 0 Å². The molecule has 0 heterocycles. The molecule has 0 fully saturated rings. The molecule has 0 bridgehead atoms. The van der Waals surface area contributed by atoms with E-state index in [2.05, 4.69) is 10.1 Å². The molecule has 0 aliphatic heterocycles. The van der Waals surface area contributed by atoms with Gasteiger partial charge in [-0.15, -0.1) is 0 Å². The number of halogens is 4. The van der Waals surface area contributed by atoms with Gasteiger partial charge in [0.2, 0.25) is 0 Å². The fourth-order valence-corrected chi connectivity index (χ4v) is 2.37. The molecule has 0 aliphatic carbocycles. The number of hydrogen-bond acceptors (Lipinski definition) is 3. The van der Waals surface area contributed by atoms with Crippen LogP contribution in [0.2, 0.25) is 5.02 Å². The average molecular weight is 386 g/mol. The van der Waals surface area contributed by atoms with Gasteiger partial charge in [0, 0.05) is 17.0 Å². The second-order valence-corrected chi connectivity index (χ2v) is 5.89. The first kappa shape index (κ1) is 19.8. The van der Waals surface area contributed by atoms with Gasteiger partial charge in [0.25, 0.3) is 5.91 Å². The van der Waals surface area contributed by atoms with Crippen molar-refractivity contribution in [2.75, 3.05) is 7.11 Å². The second kappa shape index (κ2) is 8.23. The molecule has 1 N–H and O–H groups in total. The van der Waals surface area contributed by atoms with Gasteiger partial charge in [-0.25, -0.2) is 4.79 Å². The van der Waals surface area contributed by atoms with E-state index in [0.29, 0.717) is 10.6 Å². The summed E-state index contributed by atoms with van der Waals surface area (Å²) in [6.07, 6.45) is -4.45. The third-order valence-corrected chi connectivity index (χ3v) is 3.87. The number of methoxy groups -OCH3 is 1. The van der Waals surface area contributed by atoms with E-state index in [1.165, 1.54) is 36.4 Å². The second-order valence-electron chi connectivity index (χ2n) is 5.45. The van der Waals surface area contributed by atoms with Crippen LogP contribution in [0.5, 0.6) is 0 Å². The van der Waals surface area contributed by atoms with Gasteiger partial charge in [-0.05, 0) is 42.0 Å². The van der Waals surface area contributed by atoms with E-state index in [4.69, 9.17) is 11.6 Å². The molecule has 1 amide bonds. The van der Waals surface area contributed by atoms with Gasteiger partial charge in [0.15, 0.2) is 0 Å². The van der Waals surface area contributed by atoms with E-state index in [1.54, 1.807) is 0 Å². The zero-order valence-corrected chi connectivity index (χ0v) is 14.4. The maximum atomic E-state index is 12.6. The Hall–Kier alpha value is -2.54. The number of esters is 1. The zero-order chi connectivity index (χ0) is 19.3. The fourth-order valence-electron chi connectivity index (χ4n) is 2.24. The summed E-state index contributed by atoms with van der Waals surface area (Å²) in [5.74, 6) is -1.23. The van der Waals surface area contributed by atoms with Gasteiger partial charge in [0.05, 0.1) is 12.7 Å². The molecule has 0 unspecified atom stereocenters. The van der Waals surface area contributed by atoms with E-state index >= 15 is 0 Å².